The normalized spacial score (nSPS) is 25.3. The molecular formula is C28H35F3O3. The summed E-state index contributed by atoms with van der Waals surface area (Å²) in [7, 11) is 0. The van der Waals surface area contributed by atoms with Gasteiger partial charge in [0.1, 0.15) is 5.82 Å². The molecule has 0 aliphatic heterocycles. The van der Waals surface area contributed by atoms with Crippen LogP contribution < -0.4 is 4.74 Å². The molecule has 2 aromatic carbocycles. The van der Waals surface area contributed by atoms with Crippen LogP contribution in [0, 0.1) is 23.4 Å². The molecule has 3 nitrogen and oxygen atoms in total. The predicted molar refractivity (Wildman–Crippen MR) is 125 cm³/mol. The Kier molecular flexibility index (Phi) is 8.54. The molecule has 6 heteroatoms. The Balaban J connectivity index is 1.29. The maximum absolute atomic E-state index is 14.7. The highest BCUT2D eigenvalue weighted by molar-refractivity contribution is 5.33. The third-order valence-electron chi connectivity index (χ3n) is 7.54. The van der Waals surface area contributed by atoms with E-state index in [2.05, 4.69) is 0 Å². The zero-order chi connectivity index (χ0) is 24.1. The maximum Gasteiger partial charge on any atom is 0.200 e. The van der Waals surface area contributed by atoms with Crippen LogP contribution in [-0.4, -0.2) is 24.4 Å². The summed E-state index contributed by atoms with van der Waals surface area (Å²) >= 11 is 0. The van der Waals surface area contributed by atoms with Crippen molar-refractivity contribution in [2.75, 3.05) is 13.2 Å². The standard InChI is InChI=1S/C28H35F3O3/c1-2-33-17-22-8-7-21(15-25(22)29)19-5-3-18(4-6-19)16-34-26-14-13-24(27(30)28(26)31)20-9-11-23(32)12-10-20/h7-8,13-15,18-20,23,32H,2-6,9-12,16-17H2,1H3. The number of benzene rings is 2. The quantitative estimate of drug-likeness (QED) is 0.445. The van der Waals surface area contributed by atoms with Crippen molar-refractivity contribution >= 4 is 0 Å². The highest BCUT2D eigenvalue weighted by atomic mass is 19.2. The first-order valence-electron chi connectivity index (χ1n) is 12.6. The Bertz CT molecular complexity index is 948. The van der Waals surface area contributed by atoms with Crippen molar-refractivity contribution in [2.24, 2.45) is 5.92 Å². The van der Waals surface area contributed by atoms with E-state index < -0.39 is 11.6 Å². The minimum Gasteiger partial charge on any atom is -0.490 e. The van der Waals surface area contributed by atoms with Gasteiger partial charge in [-0.05, 0) is 99.3 Å². The Morgan fingerprint density at radius 3 is 2.24 bits per heavy atom. The van der Waals surface area contributed by atoms with Crippen LogP contribution in [0.4, 0.5) is 13.2 Å². The van der Waals surface area contributed by atoms with Crippen molar-refractivity contribution in [1.82, 2.24) is 0 Å². The Morgan fingerprint density at radius 1 is 0.853 bits per heavy atom. The fourth-order valence-electron chi connectivity index (χ4n) is 5.38. The summed E-state index contributed by atoms with van der Waals surface area (Å²) in [6.45, 7) is 3.08. The number of hydrogen-bond acceptors (Lipinski definition) is 3. The molecule has 0 atom stereocenters. The van der Waals surface area contributed by atoms with Gasteiger partial charge in [-0.15, -0.1) is 0 Å². The van der Waals surface area contributed by atoms with Crippen LogP contribution in [0.3, 0.4) is 0 Å². The summed E-state index contributed by atoms with van der Waals surface area (Å²) in [4.78, 5) is 0. The second kappa shape index (κ2) is 11.6. The van der Waals surface area contributed by atoms with Crippen molar-refractivity contribution < 1.29 is 27.8 Å². The fraction of sp³-hybridized carbons (Fsp3) is 0.571. The zero-order valence-corrected chi connectivity index (χ0v) is 19.9. The summed E-state index contributed by atoms with van der Waals surface area (Å²) in [6, 6.07) is 8.61. The van der Waals surface area contributed by atoms with E-state index in [9.17, 15) is 18.3 Å². The molecule has 2 aliphatic rings. The summed E-state index contributed by atoms with van der Waals surface area (Å²) in [5.74, 6) is -1.49. The van der Waals surface area contributed by atoms with Gasteiger partial charge in [0, 0.05) is 12.2 Å². The number of aliphatic hydroxyl groups is 1. The van der Waals surface area contributed by atoms with Crippen molar-refractivity contribution in [3.63, 3.8) is 0 Å². The number of halogens is 3. The lowest BCUT2D eigenvalue weighted by Gasteiger charge is -2.29. The lowest BCUT2D eigenvalue weighted by Crippen LogP contribution is -2.20. The van der Waals surface area contributed by atoms with Gasteiger partial charge >= 0.3 is 0 Å². The Hall–Kier alpha value is -2.05. The van der Waals surface area contributed by atoms with Crippen LogP contribution in [0.5, 0.6) is 5.75 Å². The van der Waals surface area contributed by atoms with Gasteiger partial charge in [0.15, 0.2) is 11.6 Å². The van der Waals surface area contributed by atoms with Crippen LogP contribution >= 0.6 is 0 Å². The molecule has 0 bridgehead atoms. The molecule has 0 amide bonds. The van der Waals surface area contributed by atoms with Crippen LogP contribution in [0.25, 0.3) is 0 Å². The topological polar surface area (TPSA) is 38.7 Å². The molecule has 1 N–H and O–H groups in total. The van der Waals surface area contributed by atoms with Gasteiger partial charge in [0.05, 0.1) is 19.3 Å². The van der Waals surface area contributed by atoms with E-state index in [4.69, 9.17) is 9.47 Å². The molecule has 0 aromatic heterocycles. The average Bonchev–Trinajstić information content (AvgIpc) is 2.85. The van der Waals surface area contributed by atoms with E-state index in [-0.39, 0.29) is 36.1 Å². The molecule has 2 fully saturated rings. The second-order valence-corrected chi connectivity index (χ2v) is 9.80. The summed E-state index contributed by atoms with van der Waals surface area (Å²) < 4.78 is 54.8. The number of rotatable bonds is 8. The fourth-order valence-corrected chi connectivity index (χ4v) is 5.38. The first kappa shape index (κ1) is 25.1. The monoisotopic (exact) mass is 476 g/mol. The first-order valence-corrected chi connectivity index (χ1v) is 12.6. The number of aliphatic hydroxyl groups excluding tert-OH is 1. The number of hydrogen-bond donors (Lipinski definition) is 1. The molecule has 4 rings (SSSR count). The van der Waals surface area contributed by atoms with E-state index in [1.54, 1.807) is 12.1 Å². The predicted octanol–water partition coefficient (Wildman–Crippen LogP) is 7.01. The molecule has 2 aromatic rings. The van der Waals surface area contributed by atoms with Gasteiger partial charge in [0.2, 0.25) is 5.82 Å². The van der Waals surface area contributed by atoms with E-state index in [0.717, 1.165) is 31.2 Å². The summed E-state index contributed by atoms with van der Waals surface area (Å²) in [5.41, 5.74) is 1.97. The largest absolute Gasteiger partial charge is 0.490 e. The highest BCUT2D eigenvalue weighted by Crippen LogP contribution is 2.38. The Morgan fingerprint density at radius 2 is 1.56 bits per heavy atom. The van der Waals surface area contributed by atoms with Gasteiger partial charge in [0.25, 0.3) is 0 Å². The smallest absolute Gasteiger partial charge is 0.200 e. The summed E-state index contributed by atoms with van der Waals surface area (Å²) in [6.07, 6.45) is 5.89. The van der Waals surface area contributed by atoms with Gasteiger partial charge in [-0.1, -0.05) is 18.2 Å². The van der Waals surface area contributed by atoms with Gasteiger partial charge in [-0.25, -0.2) is 8.78 Å². The third-order valence-corrected chi connectivity index (χ3v) is 7.54. The average molecular weight is 477 g/mol. The zero-order valence-electron chi connectivity index (χ0n) is 19.9. The van der Waals surface area contributed by atoms with Gasteiger partial charge in [-0.2, -0.15) is 4.39 Å². The molecule has 0 saturated heterocycles. The molecule has 34 heavy (non-hydrogen) atoms. The van der Waals surface area contributed by atoms with E-state index in [0.29, 0.717) is 55.9 Å². The maximum atomic E-state index is 14.7. The first-order chi connectivity index (χ1) is 16.5. The van der Waals surface area contributed by atoms with E-state index in [1.807, 2.05) is 19.1 Å². The highest BCUT2D eigenvalue weighted by Gasteiger charge is 2.27. The van der Waals surface area contributed by atoms with E-state index in [1.165, 1.54) is 6.07 Å². The van der Waals surface area contributed by atoms with Crippen molar-refractivity contribution in [1.29, 1.82) is 0 Å². The minimum atomic E-state index is -0.917. The minimum absolute atomic E-state index is 0.0359. The van der Waals surface area contributed by atoms with E-state index >= 15 is 0 Å². The van der Waals surface area contributed by atoms with Crippen LogP contribution in [-0.2, 0) is 11.3 Å². The lowest BCUT2D eigenvalue weighted by molar-refractivity contribution is 0.122. The number of ether oxygens (including phenoxy) is 2. The summed E-state index contributed by atoms with van der Waals surface area (Å²) in [5, 5.41) is 9.66. The lowest BCUT2D eigenvalue weighted by atomic mass is 9.79. The Labute approximate surface area is 200 Å². The van der Waals surface area contributed by atoms with Crippen molar-refractivity contribution in [3.05, 3.63) is 64.5 Å². The van der Waals surface area contributed by atoms with Crippen LogP contribution in [0.1, 0.15) is 86.8 Å². The molecule has 186 valence electrons. The van der Waals surface area contributed by atoms with Gasteiger partial charge in [-0.3, -0.25) is 0 Å². The van der Waals surface area contributed by atoms with Crippen molar-refractivity contribution in [3.8, 4) is 5.75 Å². The molecule has 0 heterocycles. The molecule has 0 spiro atoms. The van der Waals surface area contributed by atoms with Gasteiger partial charge < -0.3 is 14.6 Å². The molecule has 0 radical (unpaired) electrons. The van der Waals surface area contributed by atoms with Crippen molar-refractivity contribution in [2.45, 2.75) is 82.8 Å². The SMILES string of the molecule is CCOCc1ccc(C2CCC(COc3ccc(C4CCC(O)CC4)c(F)c3F)CC2)cc1F. The second-order valence-electron chi connectivity index (χ2n) is 9.80. The van der Waals surface area contributed by atoms with Crippen LogP contribution in [0.2, 0.25) is 0 Å². The molecule has 0 unspecified atom stereocenters. The third kappa shape index (κ3) is 5.95. The molecule has 2 aliphatic carbocycles. The molecule has 2 saturated carbocycles. The van der Waals surface area contributed by atoms with Crippen LogP contribution in [0.15, 0.2) is 30.3 Å². The molecular weight excluding hydrogens is 441 g/mol.